The molecule has 0 bridgehead atoms. The number of aryl methyl sites for hydroxylation is 1. The third-order valence-electron chi connectivity index (χ3n) is 5.89. The number of nitrogens with zero attached hydrogens (tertiary/aromatic N) is 3. The second-order valence-electron chi connectivity index (χ2n) is 9.41. The minimum absolute atomic E-state index is 0.185. The molecule has 3 aromatic rings. The van der Waals surface area contributed by atoms with Crippen molar-refractivity contribution in [1.29, 1.82) is 0 Å². The molecule has 0 aliphatic heterocycles. The van der Waals surface area contributed by atoms with Crippen molar-refractivity contribution >= 4 is 5.97 Å². The van der Waals surface area contributed by atoms with Crippen molar-refractivity contribution in [3.05, 3.63) is 71.5 Å². The average Bonchev–Trinajstić information content (AvgIpc) is 3.23. The van der Waals surface area contributed by atoms with Gasteiger partial charge in [-0.3, -0.25) is 4.90 Å². The fourth-order valence-corrected chi connectivity index (χ4v) is 3.88. The number of hydrogen-bond donors (Lipinski definition) is 0. The number of carbonyl (C=O) groups is 1. The maximum absolute atomic E-state index is 13.1. The summed E-state index contributed by atoms with van der Waals surface area (Å²) >= 11 is 0. The summed E-state index contributed by atoms with van der Waals surface area (Å²) < 4.78 is 57.5. The van der Waals surface area contributed by atoms with Crippen molar-refractivity contribution in [2.24, 2.45) is 0 Å². The molecule has 0 amide bonds. The zero-order valence-electron chi connectivity index (χ0n) is 22.3. The molecule has 0 saturated heterocycles. The summed E-state index contributed by atoms with van der Waals surface area (Å²) in [5.41, 5.74) is 1.93. The molecule has 0 N–H and O–H groups in total. The topological polar surface area (TPSA) is 65.8 Å². The number of para-hydroxylation sites is 1. The van der Waals surface area contributed by atoms with Crippen molar-refractivity contribution in [3.63, 3.8) is 0 Å². The highest BCUT2D eigenvalue weighted by Gasteiger charge is 2.33. The molecule has 7 nitrogen and oxygen atoms in total. The molecule has 0 saturated carbocycles. The minimum atomic E-state index is -4.28. The lowest BCUT2D eigenvalue weighted by atomic mass is 10.1. The van der Waals surface area contributed by atoms with Gasteiger partial charge in [-0.25, -0.2) is 9.48 Å². The SMILES string of the molecule is CCOC(=O)C(C)(C)Oc1ccc(CN(CCC(F)(F)F)Cc2cn(-c3ccccc3)nc2C)cc1OC. The highest BCUT2D eigenvalue weighted by atomic mass is 19.4. The summed E-state index contributed by atoms with van der Waals surface area (Å²) in [6, 6.07) is 14.6. The quantitative estimate of drug-likeness (QED) is 0.272. The Labute approximate surface area is 221 Å². The fraction of sp³-hybridized carbons (Fsp3) is 0.429. The Hall–Kier alpha value is -3.53. The van der Waals surface area contributed by atoms with E-state index in [4.69, 9.17) is 14.2 Å². The molecule has 0 unspecified atom stereocenters. The van der Waals surface area contributed by atoms with Crippen LogP contribution in [0.2, 0.25) is 0 Å². The van der Waals surface area contributed by atoms with Crippen molar-refractivity contribution in [1.82, 2.24) is 14.7 Å². The number of ether oxygens (including phenoxy) is 3. The average molecular weight is 534 g/mol. The number of aromatic nitrogens is 2. The zero-order chi connectivity index (χ0) is 27.9. The van der Waals surface area contributed by atoms with Crippen LogP contribution in [0, 0.1) is 6.92 Å². The Morgan fingerprint density at radius 2 is 1.76 bits per heavy atom. The van der Waals surface area contributed by atoms with E-state index in [0.29, 0.717) is 11.5 Å². The Morgan fingerprint density at radius 3 is 2.39 bits per heavy atom. The summed E-state index contributed by atoms with van der Waals surface area (Å²) in [5.74, 6) is 0.177. The van der Waals surface area contributed by atoms with E-state index >= 15 is 0 Å². The Bertz CT molecular complexity index is 1210. The first-order chi connectivity index (χ1) is 17.9. The molecule has 0 aliphatic rings. The van der Waals surface area contributed by atoms with E-state index in [1.54, 1.807) is 48.6 Å². The summed E-state index contributed by atoms with van der Waals surface area (Å²) in [4.78, 5) is 14.0. The van der Waals surface area contributed by atoms with Crippen LogP contribution in [-0.4, -0.2) is 52.7 Å². The largest absolute Gasteiger partial charge is 0.493 e. The minimum Gasteiger partial charge on any atom is -0.493 e. The summed E-state index contributed by atoms with van der Waals surface area (Å²) in [6.45, 7) is 7.30. The molecule has 10 heteroatoms. The molecule has 0 spiro atoms. The summed E-state index contributed by atoms with van der Waals surface area (Å²) in [5, 5.41) is 4.54. The van der Waals surface area contributed by atoms with Crippen LogP contribution in [0.25, 0.3) is 5.69 Å². The van der Waals surface area contributed by atoms with Gasteiger partial charge in [0.1, 0.15) is 0 Å². The van der Waals surface area contributed by atoms with Crippen LogP contribution in [0.15, 0.2) is 54.7 Å². The smallest absolute Gasteiger partial charge is 0.390 e. The van der Waals surface area contributed by atoms with Crippen LogP contribution < -0.4 is 9.47 Å². The van der Waals surface area contributed by atoms with Crippen molar-refractivity contribution in [3.8, 4) is 17.2 Å². The molecule has 0 aliphatic carbocycles. The van der Waals surface area contributed by atoms with Crippen LogP contribution in [0.3, 0.4) is 0 Å². The number of hydrogen-bond acceptors (Lipinski definition) is 6. The molecule has 1 heterocycles. The van der Waals surface area contributed by atoms with Gasteiger partial charge < -0.3 is 14.2 Å². The monoisotopic (exact) mass is 533 g/mol. The number of rotatable bonds is 12. The number of methoxy groups -OCH3 is 1. The van der Waals surface area contributed by atoms with Crippen LogP contribution in [0.1, 0.15) is 44.0 Å². The molecule has 38 heavy (non-hydrogen) atoms. The van der Waals surface area contributed by atoms with Gasteiger partial charge in [0.05, 0.1) is 31.5 Å². The Balaban J connectivity index is 1.82. The van der Waals surface area contributed by atoms with Gasteiger partial charge in [-0.15, -0.1) is 0 Å². The van der Waals surface area contributed by atoms with Gasteiger partial charge >= 0.3 is 12.1 Å². The van der Waals surface area contributed by atoms with E-state index < -0.39 is 24.2 Å². The predicted molar refractivity (Wildman–Crippen MR) is 137 cm³/mol. The van der Waals surface area contributed by atoms with Crippen LogP contribution in [0.5, 0.6) is 11.5 Å². The number of carbonyl (C=O) groups excluding carboxylic acids is 1. The van der Waals surface area contributed by atoms with Gasteiger partial charge in [-0.05, 0) is 57.5 Å². The molecule has 0 radical (unpaired) electrons. The maximum Gasteiger partial charge on any atom is 0.390 e. The lowest BCUT2D eigenvalue weighted by Gasteiger charge is -2.26. The van der Waals surface area contributed by atoms with Crippen LogP contribution >= 0.6 is 0 Å². The maximum atomic E-state index is 13.1. The Kier molecular flexibility index (Phi) is 9.43. The van der Waals surface area contributed by atoms with Gasteiger partial charge in [0, 0.05) is 31.4 Å². The van der Waals surface area contributed by atoms with Crippen LogP contribution in [0.4, 0.5) is 13.2 Å². The highest BCUT2D eigenvalue weighted by molar-refractivity contribution is 5.79. The van der Waals surface area contributed by atoms with E-state index in [1.807, 2.05) is 43.5 Å². The van der Waals surface area contributed by atoms with E-state index in [1.165, 1.54) is 7.11 Å². The predicted octanol–water partition coefficient (Wildman–Crippen LogP) is 5.86. The van der Waals surface area contributed by atoms with Crippen molar-refractivity contribution in [2.75, 3.05) is 20.3 Å². The molecule has 1 aromatic heterocycles. The molecule has 0 fully saturated rings. The lowest BCUT2D eigenvalue weighted by molar-refractivity contribution is -0.158. The summed E-state index contributed by atoms with van der Waals surface area (Å²) in [7, 11) is 1.46. The van der Waals surface area contributed by atoms with E-state index in [9.17, 15) is 18.0 Å². The lowest BCUT2D eigenvalue weighted by Crippen LogP contribution is -2.39. The van der Waals surface area contributed by atoms with Gasteiger partial charge in [-0.2, -0.15) is 18.3 Å². The number of halogens is 3. The van der Waals surface area contributed by atoms with E-state index in [-0.39, 0.29) is 26.2 Å². The fourth-order valence-electron chi connectivity index (χ4n) is 3.88. The van der Waals surface area contributed by atoms with Gasteiger partial charge in [0.25, 0.3) is 0 Å². The molecule has 2 aromatic carbocycles. The van der Waals surface area contributed by atoms with Gasteiger partial charge in [0.2, 0.25) is 0 Å². The Morgan fingerprint density at radius 1 is 1.05 bits per heavy atom. The third-order valence-corrected chi connectivity index (χ3v) is 5.89. The first-order valence-corrected chi connectivity index (χ1v) is 12.3. The number of alkyl halides is 3. The molecule has 206 valence electrons. The van der Waals surface area contributed by atoms with E-state index in [2.05, 4.69) is 5.10 Å². The first-order valence-electron chi connectivity index (χ1n) is 12.3. The standard InChI is InChI=1S/C28H34F3N3O4/c1-6-37-26(35)27(3,4)38-24-13-12-21(16-25(24)36-5)17-33(15-14-28(29,30)31)18-22-19-34(32-20(22)2)23-10-8-7-9-11-23/h7-13,16,19H,6,14-15,17-18H2,1-5H3. The molecule has 0 atom stereocenters. The van der Waals surface area contributed by atoms with Crippen LogP contribution in [-0.2, 0) is 22.6 Å². The van der Waals surface area contributed by atoms with Gasteiger partial charge in [0.15, 0.2) is 17.1 Å². The zero-order valence-corrected chi connectivity index (χ0v) is 22.3. The van der Waals surface area contributed by atoms with E-state index in [0.717, 1.165) is 22.5 Å². The normalized spacial score (nSPS) is 12.0. The molecule has 3 rings (SSSR count). The van der Waals surface area contributed by atoms with Crippen molar-refractivity contribution in [2.45, 2.75) is 59.0 Å². The molecular formula is C28H34F3N3O4. The third kappa shape index (κ3) is 7.98. The summed E-state index contributed by atoms with van der Waals surface area (Å²) in [6.07, 6.45) is -3.37. The molecular weight excluding hydrogens is 499 g/mol. The number of benzene rings is 2. The first kappa shape index (κ1) is 29.0. The second-order valence-corrected chi connectivity index (χ2v) is 9.41. The van der Waals surface area contributed by atoms with Gasteiger partial charge in [-0.1, -0.05) is 24.3 Å². The van der Waals surface area contributed by atoms with Crippen molar-refractivity contribution < 1.29 is 32.2 Å². The highest BCUT2D eigenvalue weighted by Crippen LogP contribution is 2.32. The number of esters is 1. The second kappa shape index (κ2) is 12.3.